The summed E-state index contributed by atoms with van der Waals surface area (Å²) in [6.45, 7) is 0. The predicted molar refractivity (Wildman–Crippen MR) is 52.5 cm³/mol. The third kappa shape index (κ3) is 4.77. The smallest absolute Gasteiger partial charge is 0.305 e. The quantitative estimate of drug-likeness (QED) is 0.507. The summed E-state index contributed by atoms with van der Waals surface area (Å²) in [5.41, 5.74) is 1.17. The van der Waals surface area contributed by atoms with Gasteiger partial charge in [-0.05, 0) is 12.0 Å². The van der Waals surface area contributed by atoms with Crippen molar-refractivity contribution in [1.82, 2.24) is 0 Å². The fourth-order valence-electron chi connectivity index (χ4n) is 0.993. The number of benzene rings is 1. The minimum absolute atomic E-state index is 0. The number of esters is 1. The van der Waals surface area contributed by atoms with Gasteiger partial charge in [-0.3, -0.25) is 4.79 Å². The van der Waals surface area contributed by atoms with Gasteiger partial charge in [0.15, 0.2) is 0 Å². The van der Waals surface area contributed by atoms with Gasteiger partial charge < -0.3 is 4.74 Å². The topological polar surface area (TPSA) is 26.3 Å². The molecule has 0 atom stereocenters. The summed E-state index contributed by atoms with van der Waals surface area (Å²) >= 11 is 0. The van der Waals surface area contributed by atoms with Crippen molar-refractivity contribution < 1.29 is 9.53 Å². The van der Waals surface area contributed by atoms with Crippen LogP contribution in [0.15, 0.2) is 30.3 Å². The van der Waals surface area contributed by atoms with E-state index < -0.39 is 0 Å². The van der Waals surface area contributed by atoms with Gasteiger partial charge in [-0.2, -0.15) is 0 Å². The van der Waals surface area contributed by atoms with Crippen LogP contribution in [0.5, 0.6) is 0 Å². The van der Waals surface area contributed by atoms with Gasteiger partial charge in [-0.15, -0.1) is 0 Å². The van der Waals surface area contributed by atoms with Crippen molar-refractivity contribution in [2.75, 3.05) is 7.11 Å². The summed E-state index contributed by atoms with van der Waals surface area (Å²) in [4.78, 5) is 10.8. The molecule has 1 aromatic rings. The van der Waals surface area contributed by atoms with Crippen molar-refractivity contribution in [3.63, 3.8) is 0 Å². The minimum Gasteiger partial charge on any atom is -0.469 e. The van der Waals surface area contributed by atoms with Crippen molar-refractivity contribution in [1.29, 1.82) is 0 Å². The second-order valence-corrected chi connectivity index (χ2v) is 2.56. The maximum atomic E-state index is 10.8. The Hall–Kier alpha value is -0.713. The summed E-state index contributed by atoms with van der Waals surface area (Å²) in [6.07, 6.45) is 1.22. The zero-order valence-corrected chi connectivity index (χ0v) is 8.12. The first-order valence-electron chi connectivity index (χ1n) is 3.93. The molecular weight excluding hydrogens is 159 g/mol. The van der Waals surface area contributed by atoms with Crippen LogP contribution in [0, 0.1) is 0 Å². The molecule has 0 amide bonds. The van der Waals surface area contributed by atoms with Gasteiger partial charge in [0.1, 0.15) is 0 Å². The molecule has 0 fully saturated rings. The fraction of sp³-hybridized carbons (Fsp3) is 0.300. The van der Waals surface area contributed by atoms with E-state index in [1.54, 1.807) is 0 Å². The van der Waals surface area contributed by atoms with E-state index in [2.05, 4.69) is 4.74 Å². The normalized spacial score (nSPS) is 8.69. The van der Waals surface area contributed by atoms with Gasteiger partial charge >= 0.3 is 5.97 Å². The predicted octanol–water partition coefficient (Wildman–Crippen LogP) is 1.41. The van der Waals surface area contributed by atoms with Crippen molar-refractivity contribution in [3.8, 4) is 0 Å². The van der Waals surface area contributed by atoms with Gasteiger partial charge in [0.2, 0.25) is 0 Å². The number of carbonyl (C=O) groups is 1. The molecule has 1 aromatic carbocycles. The molecule has 1 rings (SSSR count). The van der Waals surface area contributed by atoms with Gasteiger partial charge in [0.25, 0.3) is 0 Å². The van der Waals surface area contributed by atoms with E-state index in [1.807, 2.05) is 30.3 Å². The fourth-order valence-corrected chi connectivity index (χ4v) is 0.993. The number of rotatable bonds is 3. The number of aryl methyl sites for hydroxylation is 1. The maximum absolute atomic E-state index is 10.8. The van der Waals surface area contributed by atoms with E-state index >= 15 is 0 Å². The van der Waals surface area contributed by atoms with Crippen LogP contribution in [0.2, 0.25) is 0 Å². The minimum atomic E-state index is -0.154. The summed E-state index contributed by atoms with van der Waals surface area (Å²) in [5.74, 6) is -0.154. The van der Waals surface area contributed by atoms with E-state index in [9.17, 15) is 4.79 Å². The SMILES string of the molecule is COC(=O)CCc1ccccc1.[Li]. The van der Waals surface area contributed by atoms with Crippen molar-refractivity contribution in [2.45, 2.75) is 12.8 Å². The van der Waals surface area contributed by atoms with Gasteiger partial charge in [-0.25, -0.2) is 0 Å². The average molecular weight is 171 g/mol. The first-order valence-corrected chi connectivity index (χ1v) is 3.93. The molecule has 0 aliphatic heterocycles. The number of carbonyl (C=O) groups excluding carboxylic acids is 1. The largest absolute Gasteiger partial charge is 0.469 e. The number of hydrogen-bond donors (Lipinski definition) is 0. The Labute approximate surface area is 90.5 Å². The van der Waals surface area contributed by atoms with Crippen LogP contribution in [0.3, 0.4) is 0 Å². The Bertz CT molecular complexity index is 246. The monoisotopic (exact) mass is 171 g/mol. The standard InChI is InChI=1S/C10H12O2.Li/c1-12-10(11)8-7-9-5-3-2-4-6-9;/h2-6H,7-8H2,1H3;. The van der Waals surface area contributed by atoms with Crippen LogP contribution in [-0.2, 0) is 16.0 Å². The molecule has 0 aliphatic rings. The molecule has 0 aliphatic carbocycles. The summed E-state index contributed by atoms with van der Waals surface area (Å²) in [5, 5.41) is 0. The second-order valence-electron chi connectivity index (χ2n) is 2.56. The summed E-state index contributed by atoms with van der Waals surface area (Å²) < 4.78 is 4.53. The second kappa shape index (κ2) is 6.77. The van der Waals surface area contributed by atoms with E-state index in [-0.39, 0.29) is 24.8 Å². The first-order chi connectivity index (χ1) is 5.83. The van der Waals surface area contributed by atoms with Gasteiger partial charge in [0, 0.05) is 25.3 Å². The molecule has 0 bridgehead atoms. The summed E-state index contributed by atoms with van der Waals surface area (Å²) in [7, 11) is 1.41. The Balaban J connectivity index is 0.00000144. The molecule has 0 saturated carbocycles. The Morgan fingerprint density at radius 2 is 1.92 bits per heavy atom. The maximum Gasteiger partial charge on any atom is 0.305 e. The zero-order valence-electron chi connectivity index (χ0n) is 8.12. The zero-order chi connectivity index (χ0) is 8.81. The third-order valence-electron chi connectivity index (χ3n) is 1.69. The van der Waals surface area contributed by atoms with E-state index in [0.29, 0.717) is 6.42 Å². The molecule has 0 aromatic heterocycles. The van der Waals surface area contributed by atoms with Crippen LogP contribution in [0.25, 0.3) is 0 Å². The van der Waals surface area contributed by atoms with Gasteiger partial charge in [0.05, 0.1) is 7.11 Å². The van der Waals surface area contributed by atoms with E-state index in [0.717, 1.165) is 6.42 Å². The van der Waals surface area contributed by atoms with E-state index in [4.69, 9.17) is 0 Å². The van der Waals surface area contributed by atoms with E-state index in [1.165, 1.54) is 12.7 Å². The Kier molecular flexibility index (Phi) is 6.40. The van der Waals surface area contributed by atoms with Crippen molar-refractivity contribution >= 4 is 24.8 Å². The third-order valence-corrected chi connectivity index (χ3v) is 1.69. The molecular formula is C10H12LiO2. The molecule has 0 unspecified atom stereocenters. The average Bonchev–Trinajstić information content (AvgIpc) is 2.16. The van der Waals surface area contributed by atoms with Crippen LogP contribution < -0.4 is 0 Å². The molecule has 0 spiro atoms. The Morgan fingerprint density at radius 3 is 2.46 bits per heavy atom. The van der Waals surface area contributed by atoms with Crippen LogP contribution in [-0.4, -0.2) is 31.9 Å². The molecule has 0 saturated heterocycles. The molecule has 1 radical (unpaired) electrons. The molecule has 13 heavy (non-hydrogen) atoms. The van der Waals surface area contributed by atoms with Crippen molar-refractivity contribution in [3.05, 3.63) is 35.9 Å². The molecule has 3 heteroatoms. The first kappa shape index (κ1) is 12.3. The molecule has 0 heterocycles. The number of methoxy groups -OCH3 is 1. The Morgan fingerprint density at radius 1 is 1.31 bits per heavy atom. The number of hydrogen-bond acceptors (Lipinski definition) is 2. The molecule has 65 valence electrons. The van der Waals surface area contributed by atoms with Crippen LogP contribution in [0.1, 0.15) is 12.0 Å². The van der Waals surface area contributed by atoms with Crippen molar-refractivity contribution in [2.24, 2.45) is 0 Å². The van der Waals surface area contributed by atoms with Crippen LogP contribution in [0.4, 0.5) is 0 Å². The van der Waals surface area contributed by atoms with Crippen LogP contribution >= 0.6 is 0 Å². The molecule has 2 nitrogen and oxygen atoms in total. The summed E-state index contributed by atoms with van der Waals surface area (Å²) in [6, 6.07) is 9.90. The number of ether oxygens (including phenoxy) is 1. The molecule has 0 N–H and O–H groups in total. The van der Waals surface area contributed by atoms with Gasteiger partial charge in [-0.1, -0.05) is 30.3 Å².